The maximum absolute atomic E-state index is 12.6. The first kappa shape index (κ1) is 14.6. The molecule has 0 aromatic carbocycles. The van der Waals surface area contributed by atoms with Crippen molar-refractivity contribution in [3.05, 3.63) is 4.88 Å². The second-order valence-corrected chi connectivity index (χ2v) is 6.41. The molecule has 2 fully saturated rings. The molecule has 0 radical (unpaired) electrons. The van der Waals surface area contributed by atoms with Crippen LogP contribution in [0.15, 0.2) is 0 Å². The van der Waals surface area contributed by atoms with Gasteiger partial charge in [0.1, 0.15) is 10.7 Å². The summed E-state index contributed by atoms with van der Waals surface area (Å²) >= 11 is 1.29. The minimum absolute atomic E-state index is 0.113. The van der Waals surface area contributed by atoms with Crippen LogP contribution in [0.25, 0.3) is 0 Å². The number of ether oxygens (including phenoxy) is 1. The number of hydrogen-bond donors (Lipinski definition) is 3. The van der Waals surface area contributed by atoms with E-state index in [2.05, 4.69) is 10.3 Å². The number of morpholine rings is 1. The van der Waals surface area contributed by atoms with Gasteiger partial charge in [-0.15, -0.1) is 0 Å². The molecule has 1 aromatic rings. The van der Waals surface area contributed by atoms with E-state index < -0.39 is 0 Å². The molecule has 1 saturated carbocycles. The highest BCUT2D eigenvalue weighted by molar-refractivity contribution is 7.18. The molecule has 21 heavy (non-hydrogen) atoms. The molecule has 7 nitrogen and oxygen atoms in total. The second-order valence-electron chi connectivity index (χ2n) is 5.42. The normalized spacial score (nSPS) is 22.9. The van der Waals surface area contributed by atoms with Crippen LogP contribution < -0.4 is 11.1 Å². The van der Waals surface area contributed by atoms with Crippen LogP contribution in [0, 0.1) is 0 Å². The number of thiazole rings is 1. The molecule has 4 N–H and O–H groups in total. The number of nitrogens with one attached hydrogen (secondary N) is 1. The van der Waals surface area contributed by atoms with Crippen LogP contribution in [0.2, 0.25) is 0 Å². The standard InChI is InChI=1S/C13H20N4O3S/c14-11-10(21-13(16-11)15-8-2-1-3-8)12(19)17-4-5-20-7-9(17)6-18/h8-9,18H,1-7,14H2,(H,15,16). The lowest BCUT2D eigenvalue weighted by molar-refractivity contribution is -0.0181. The number of aromatic nitrogens is 1. The zero-order chi connectivity index (χ0) is 14.8. The average molecular weight is 312 g/mol. The van der Waals surface area contributed by atoms with Crippen molar-refractivity contribution >= 4 is 28.2 Å². The van der Waals surface area contributed by atoms with Crippen LogP contribution in [0.5, 0.6) is 0 Å². The van der Waals surface area contributed by atoms with Crippen molar-refractivity contribution in [2.45, 2.75) is 31.3 Å². The van der Waals surface area contributed by atoms with Crippen LogP contribution in [-0.2, 0) is 4.74 Å². The van der Waals surface area contributed by atoms with Crippen molar-refractivity contribution in [1.29, 1.82) is 0 Å². The molecule has 1 saturated heterocycles. The van der Waals surface area contributed by atoms with Gasteiger partial charge in [-0.2, -0.15) is 0 Å². The van der Waals surface area contributed by atoms with Crippen molar-refractivity contribution in [2.75, 3.05) is 37.4 Å². The molecule has 3 rings (SSSR count). The van der Waals surface area contributed by atoms with Crippen LogP contribution in [0.4, 0.5) is 10.9 Å². The lowest BCUT2D eigenvalue weighted by atomic mass is 9.93. The Labute approximate surface area is 127 Å². The number of hydrogen-bond acceptors (Lipinski definition) is 7. The first-order valence-corrected chi connectivity index (χ1v) is 8.03. The van der Waals surface area contributed by atoms with Gasteiger partial charge in [0.2, 0.25) is 0 Å². The number of nitrogen functional groups attached to an aromatic ring is 1. The molecule has 1 unspecified atom stereocenters. The highest BCUT2D eigenvalue weighted by Crippen LogP contribution is 2.30. The largest absolute Gasteiger partial charge is 0.394 e. The molecule has 1 aliphatic heterocycles. The quantitative estimate of drug-likeness (QED) is 0.749. The third kappa shape index (κ3) is 2.97. The van der Waals surface area contributed by atoms with E-state index >= 15 is 0 Å². The topological polar surface area (TPSA) is 101 Å². The predicted molar refractivity (Wildman–Crippen MR) is 80.5 cm³/mol. The Hall–Kier alpha value is -1.38. The van der Waals surface area contributed by atoms with Gasteiger partial charge in [0.15, 0.2) is 5.13 Å². The Kier molecular flexibility index (Phi) is 4.27. The van der Waals surface area contributed by atoms with Crippen LogP contribution in [-0.4, -0.2) is 59.3 Å². The third-order valence-corrected chi connectivity index (χ3v) is 4.97. The van der Waals surface area contributed by atoms with Gasteiger partial charge in [0.05, 0.1) is 25.9 Å². The monoisotopic (exact) mass is 312 g/mol. The van der Waals surface area contributed by atoms with Gasteiger partial charge in [-0.05, 0) is 19.3 Å². The molecule has 0 bridgehead atoms. The van der Waals surface area contributed by atoms with Gasteiger partial charge in [-0.1, -0.05) is 11.3 Å². The van der Waals surface area contributed by atoms with E-state index in [4.69, 9.17) is 10.5 Å². The fourth-order valence-corrected chi connectivity index (χ4v) is 3.40. The van der Waals surface area contributed by atoms with E-state index in [1.807, 2.05) is 0 Å². The van der Waals surface area contributed by atoms with E-state index in [1.165, 1.54) is 17.8 Å². The average Bonchev–Trinajstić information content (AvgIpc) is 2.83. The van der Waals surface area contributed by atoms with E-state index in [0.717, 1.165) is 12.8 Å². The van der Waals surface area contributed by atoms with Crippen LogP contribution in [0.3, 0.4) is 0 Å². The lowest BCUT2D eigenvalue weighted by Crippen LogP contribution is -2.50. The predicted octanol–water partition coefficient (Wildman–Crippen LogP) is 0.523. The Balaban J connectivity index is 1.73. The Bertz CT molecular complexity index is 518. The Morgan fingerprint density at radius 1 is 1.57 bits per heavy atom. The summed E-state index contributed by atoms with van der Waals surface area (Å²) in [5.74, 6) is 0.0871. The second kappa shape index (κ2) is 6.17. The zero-order valence-electron chi connectivity index (χ0n) is 11.7. The number of nitrogens with two attached hydrogens (primary N) is 1. The molecule has 1 aromatic heterocycles. The highest BCUT2D eigenvalue weighted by Gasteiger charge is 2.30. The van der Waals surface area contributed by atoms with Gasteiger partial charge >= 0.3 is 0 Å². The molecule has 8 heteroatoms. The number of amides is 1. The number of aliphatic hydroxyl groups is 1. The number of aliphatic hydroxyl groups excluding tert-OH is 1. The summed E-state index contributed by atoms with van der Waals surface area (Å²) in [6, 6.07) is 0.142. The van der Waals surface area contributed by atoms with E-state index in [1.54, 1.807) is 4.90 Å². The highest BCUT2D eigenvalue weighted by atomic mass is 32.1. The van der Waals surface area contributed by atoms with Gasteiger partial charge in [-0.25, -0.2) is 4.98 Å². The zero-order valence-corrected chi connectivity index (χ0v) is 12.6. The lowest BCUT2D eigenvalue weighted by Gasteiger charge is -2.34. The summed E-state index contributed by atoms with van der Waals surface area (Å²) in [5.41, 5.74) is 5.89. The fourth-order valence-electron chi connectivity index (χ4n) is 2.48. The third-order valence-electron chi connectivity index (χ3n) is 3.98. The van der Waals surface area contributed by atoms with E-state index in [-0.39, 0.29) is 24.4 Å². The molecular formula is C13H20N4O3S. The molecule has 1 atom stereocenters. The first-order chi connectivity index (χ1) is 10.2. The summed E-state index contributed by atoms with van der Waals surface area (Å²) < 4.78 is 5.29. The Morgan fingerprint density at radius 3 is 3.05 bits per heavy atom. The van der Waals surface area contributed by atoms with E-state index in [9.17, 15) is 9.90 Å². The van der Waals surface area contributed by atoms with E-state index in [0.29, 0.717) is 35.8 Å². The van der Waals surface area contributed by atoms with Gasteiger partial charge in [0.25, 0.3) is 5.91 Å². The number of rotatable bonds is 4. The van der Waals surface area contributed by atoms with Gasteiger partial charge < -0.3 is 25.8 Å². The SMILES string of the molecule is Nc1nc(NC2CCC2)sc1C(=O)N1CCOCC1CO. The molecule has 116 valence electrons. The molecule has 2 aliphatic rings. The van der Waals surface area contributed by atoms with Crippen molar-refractivity contribution in [2.24, 2.45) is 0 Å². The molecule has 0 spiro atoms. The summed E-state index contributed by atoms with van der Waals surface area (Å²) in [7, 11) is 0. The first-order valence-electron chi connectivity index (χ1n) is 7.21. The number of carbonyl (C=O) groups is 1. The fraction of sp³-hybridized carbons (Fsp3) is 0.692. The molecule has 1 amide bonds. The summed E-state index contributed by atoms with van der Waals surface area (Å²) in [6.45, 7) is 1.19. The van der Waals surface area contributed by atoms with Crippen LogP contribution >= 0.6 is 11.3 Å². The number of anilines is 2. The smallest absolute Gasteiger partial charge is 0.268 e. The molecule has 2 heterocycles. The summed E-state index contributed by atoms with van der Waals surface area (Å²) in [6.07, 6.45) is 3.51. The molecule has 1 aliphatic carbocycles. The number of carbonyl (C=O) groups excluding carboxylic acids is 1. The Morgan fingerprint density at radius 2 is 2.38 bits per heavy atom. The maximum atomic E-state index is 12.6. The van der Waals surface area contributed by atoms with Gasteiger partial charge in [-0.3, -0.25) is 4.79 Å². The minimum atomic E-state index is -0.309. The minimum Gasteiger partial charge on any atom is -0.394 e. The van der Waals surface area contributed by atoms with Crippen molar-refractivity contribution in [1.82, 2.24) is 9.88 Å². The number of nitrogens with zero attached hydrogens (tertiary/aromatic N) is 2. The van der Waals surface area contributed by atoms with Crippen molar-refractivity contribution < 1.29 is 14.6 Å². The van der Waals surface area contributed by atoms with Crippen molar-refractivity contribution in [3.63, 3.8) is 0 Å². The maximum Gasteiger partial charge on any atom is 0.268 e. The van der Waals surface area contributed by atoms with Crippen molar-refractivity contribution in [3.8, 4) is 0 Å². The van der Waals surface area contributed by atoms with Crippen LogP contribution in [0.1, 0.15) is 28.9 Å². The molecular weight excluding hydrogens is 292 g/mol. The summed E-state index contributed by atoms with van der Waals surface area (Å²) in [5, 5.41) is 13.4. The summed E-state index contributed by atoms with van der Waals surface area (Å²) in [4.78, 5) is 18.9. The van der Waals surface area contributed by atoms with Gasteiger partial charge in [0, 0.05) is 12.6 Å².